The Bertz CT molecular complexity index is 574. The van der Waals surface area contributed by atoms with Crippen molar-refractivity contribution in [1.82, 2.24) is 4.98 Å². The molecular weight excluding hydrogens is 226 g/mol. The summed E-state index contributed by atoms with van der Waals surface area (Å²) in [5, 5.41) is 1.04. The van der Waals surface area contributed by atoms with Gasteiger partial charge >= 0.3 is 0 Å². The molecule has 1 aliphatic heterocycles. The zero-order chi connectivity index (χ0) is 12.4. The molecule has 1 aromatic carbocycles. The van der Waals surface area contributed by atoms with Crippen LogP contribution in [0, 0.1) is 0 Å². The van der Waals surface area contributed by atoms with Crippen molar-refractivity contribution in [2.24, 2.45) is 0 Å². The van der Waals surface area contributed by atoms with Crippen molar-refractivity contribution in [1.29, 1.82) is 0 Å². The normalized spacial score (nSPS) is 16.9. The number of benzene rings is 1. The van der Waals surface area contributed by atoms with Crippen molar-refractivity contribution in [3.8, 4) is 0 Å². The number of rotatable bonds is 2. The van der Waals surface area contributed by atoms with Gasteiger partial charge in [0.15, 0.2) is 0 Å². The number of fused-ring (bicyclic) bond motifs is 1. The lowest BCUT2D eigenvalue weighted by atomic mass is 9.92. The summed E-state index contributed by atoms with van der Waals surface area (Å²) in [6.07, 6.45) is 4.95. The van der Waals surface area contributed by atoms with Crippen molar-refractivity contribution < 1.29 is 9.53 Å². The van der Waals surface area contributed by atoms with Crippen LogP contribution < -0.4 is 0 Å². The summed E-state index contributed by atoms with van der Waals surface area (Å²) in [6.45, 7) is 1.66. The fraction of sp³-hybridized carbons (Fsp3) is 0.333. The van der Waals surface area contributed by atoms with Gasteiger partial charge in [-0.1, -0.05) is 0 Å². The number of aromatic nitrogens is 1. The van der Waals surface area contributed by atoms with Crippen LogP contribution in [0.1, 0.15) is 34.7 Å². The maximum atomic E-state index is 10.8. The van der Waals surface area contributed by atoms with E-state index in [0.717, 1.165) is 43.2 Å². The van der Waals surface area contributed by atoms with E-state index in [2.05, 4.69) is 11.1 Å². The van der Waals surface area contributed by atoms with E-state index in [4.69, 9.17) is 4.74 Å². The minimum atomic E-state index is 0.538. The number of carbonyl (C=O) groups excluding carboxylic acids is 1. The van der Waals surface area contributed by atoms with Crippen LogP contribution in [0.3, 0.4) is 0 Å². The molecule has 3 rings (SSSR count). The molecule has 18 heavy (non-hydrogen) atoms. The molecule has 92 valence electrons. The number of nitrogens with zero attached hydrogens (tertiary/aromatic N) is 1. The summed E-state index contributed by atoms with van der Waals surface area (Å²) in [7, 11) is 0. The Labute approximate surface area is 106 Å². The van der Waals surface area contributed by atoms with Gasteiger partial charge in [0.2, 0.25) is 0 Å². The molecule has 1 saturated heterocycles. The third-order valence-electron chi connectivity index (χ3n) is 3.56. The van der Waals surface area contributed by atoms with E-state index < -0.39 is 0 Å². The molecule has 0 saturated carbocycles. The van der Waals surface area contributed by atoms with Crippen LogP contribution in [0.2, 0.25) is 0 Å². The van der Waals surface area contributed by atoms with Gasteiger partial charge in [-0.2, -0.15) is 0 Å². The van der Waals surface area contributed by atoms with Crippen LogP contribution in [0.5, 0.6) is 0 Å². The Hall–Kier alpha value is -1.74. The highest BCUT2D eigenvalue weighted by molar-refractivity contribution is 5.86. The second kappa shape index (κ2) is 4.86. The van der Waals surface area contributed by atoms with Crippen molar-refractivity contribution >= 4 is 17.2 Å². The number of pyridine rings is 1. The van der Waals surface area contributed by atoms with Gasteiger partial charge in [-0.25, -0.2) is 0 Å². The van der Waals surface area contributed by atoms with Crippen LogP contribution in [-0.4, -0.2) is 24.5 Å². The molecule has 3 nitrogen and oxygen atoms in total. The van der Waals surface area contributed by atoms with Gasteiger partial charge in [0.05, 0.1) is 5.52 Å². The first kappa shape index (κ1) is 11.4. The molecule has 0 bridgehead atoms. The molecule has 3 heteroatoms. The molecular formula is C15H15NO2. The molecule has 2 aromatic rings. The van der Waals surface area contributed by atoms with Crippen molar-refractivity contribution in [2.45, 2.75) is 18.8 Å². The minimum Gasteiger partial charge on any atom is -0.381 e. The second-order valence-electron chi connectivity index (χ2n) is 4.73. The third-order valence-corrected chi connectivity index (χ3v) is 3.56. The number of aldehydes is 1. The Morgan fingerprint density at radius 1 is 1.22 bits per heavy atom. The summed E-state index contributed by atoms with van der Waals surface area (Å²) in [6, 6.07) is 7.76. The average molecular weight is 241 g/mol. The zero-order valence-corrected chi connectivity index (χ0v) is 10.1. The van der Waals surface area contributed by atoms with Crippen LogP contribution in [0.25, 0.3) is 10.9 Å². The summed E-state index contributed by atoms with van der Waals surface area (Å²) < 4.78 is 5.38. The van der Waals surface area contributed by atoms with Crippen molar-refractivity contribution in [3.63, 3.8) is 0 Å². The van der Waals surface area contributed by atoms with Crippen molar-refractivity contribution in [3.05, 3.63) is 41.6 Å². The van der Waals surface area contributed by atoms with Gasteiger partial charge in [-0.05, 0) is 48.6 Å². The Balaban J connectivity index is 2.00. The Morgan fingerprint density at radius 3 is 2.83 bits per heavy atom. The number of hydrogen-bond donors (Lipinski definition) is 0. The third kappa shape index (κ3) is 2.14. The van der Waals surface area contributed by atoms with Gasteiger partial charge in [-0.15, -0.1) is 0 Å². The minimum absolute atomic E-state index is 0.538. The topological polar surface area (TPSA) is 39.2 Å². The predicted octanol–water partition coefficient (Wildman–Crippen LogP) is 2.94. The maximum Gasteiger partial charge on any atom is 0.150 e. The first-order valence-electron chi connectivity index (χ1n) is 6.29. The van der Waals surface area contributed by atoms with E-state index in [9.17, 15) is 4.79 Å². The monoisotopic (exact) mass is 241 g/mol. The number of ether oxygens (including phenoxy) is 1. The van der Waals surface area contributed by atoms with Gasteiger partial charge in [0, 0.05) is 30.4 Å². The largest absolute Gasteiger partial charge is 0.381 e. The standard InChI is InChI=1S/C15H15NO2/c17-10-11-1-2-15-13(7-11)8-14(9-16-15)12-3-5-18-6-4-12/h1-2,7-10,12H,3-6H2. The molecule has 0 amide bonds. The summed E-state index contributed by atoms with van der Waals surface area (Å²) in [4.78, 5) is 15.3. The highest BCUT2D eigenvalue weighted by Gasteiger charge is 2.16. The van der Waals surface area contributed by atoms with E-state index in [-0.39, 0.29) is 0 Å². The molecule has 1 aliphatic rings. The molecule has 2 heterocycles. The lowest BCUT2D eigenvalue weighted by Crippen LogP contribution is -2.14. The lowest BCUT2D eigenvalue weighted by Gasteiger charge is -2.22. The summed E-state index contributed by atoms with van der Waals surface area (Å²) in [5.41, 5.74) is 2.90. The van der Waals surface area contributed by atoms with E-state index >= 15 is 0 Å². The molecule has 0 spiro atoms. The van der Waals surface area contributed by atoms with Crippen molar-refractivity contribution in [2.75, 3.05) is 13.2 Å². The molecule has 0 N–H and O–H groups in total. The van der Waals surface area contributed by atoms with Crippen LogP contribution in [-0.2, 0) is 4.74 Å². The molecule has 0 unspecified atom stereocenters. The van der Waals surface area contributed by atoms with Crippen LogP contribution in [0.15, 0.2) is 30.5 Å². The molecule has 0 aliphatic carbocycles. The smallest absolute Gasteiger partial charge is 0.150 e. The molecule has 0 atom stereocenters. The fourth-order valence-electron chi connectivity index (χ4n) is 2.49. The fourth-order valence-corrected chi connectivity index (χ4v) is 2.49. The van der Waals surface area contributed by atoms with E-state index in [1.807, 2.05) is 18.3 Å². The molecule has 1 fully saturated rings. The van der Waals surface area contributed by atoms with E-state index in [1.165, 1.54) is 5.56 Å². The highest BCUT2D eigenvalue weighted by atomic mass is 16.5. The van der Waals surface area contributed by atoms with E-state index in [1.54, 1.807) is 6.07 Å². The first-order chi connectivity index (χ1) is 8.86. The van der Waals surface area contributed by atoms with Gasteiger partial charge < -0.3 is 4.74 Å². The van der Waals surface area contributed by atoms with Gasteiger partial charge in [0.1, 0.15) is 6.29 Å². The summed E-state index contributed by atoms with van der Waals surface area (Å²) >= 11 is 0. The van der Waals surface area contributed by atoms with Crippen LogP contribution in [0.4, 0.5) is 0 Å². The lowest BCUT2D eigenvalue weighted by molar-refractivity contribution is 0.0853. The molecule has 1 aromatic heterocycles. The van der Waals surface area contributed by atoms with Gasteiger partial charge in [0.25, 0.3) is 0 Å². The predicted molar refractivity (Wildman–Crippen MR) is 69.9 cm³/mol. The van der Waals surface area contributed by atoms with Gasteiger partial charge in [-0.3, -0.25) is 9.78 Å². The van der Waals surface area contributed by atoms with E-state index in [0.29, 0.717) is 11.5 Å². The summed E-state index contributed by atoms with van der Waals surface area (Å²) in [5.74, 6) is 0.538. The maximum absolute atomic E-state index is 10.8. The SMILES string of the molecule is O=Cc1ccc2ncc(C3CCOCC3)cc2c1. The number of hydrogen-bond acceptors (Lipinski definition) is 3. The second-order valence-corrected chi connectivity index (χ2v) is 4.73. The molecule has 0 radical (unpaired) electrons. The van der Waals surface area contributed by atoms with Crippen LogP contribution >= 0.6 is 0 Å². The Morgan fingerprint density at radius 2 is 2.06 bits per heavy atom. The average Bonchev–Trinajstić information content (AvgIpc) is 2.47. The quantitative estimate of drug-likeness (QED) is 0.759. The Kier molecular flexibility index (Phi) is 3.07. The number of carbonyl (C=O) groups is 1. The zero-order valence-electron chi connectivity index (χ0n) is 10.1. The highest BCUT2D eigenvalue weighted by Crippen LogP contribution is 2.28. The first-order valence-corrected chi connectivity index (χ1v) is 6.29.